The van der Waals surface area contributed by atoms with Crippen molar-refractivity contribution in [3.63, 3.8) is 0 Å². The molecule has 0 fully saturated rings. The fraction of sp³-hybridized carbons (Fsp3) is 0.207. The number of imidazole rings is 1. The van der Waals surface area contributed by atoms with E-state index in [1.807, 2.05) is 75.0 Å². The summed E-state index contributed by atoms with van der Waals surface area (Å²) in [4.78, 5) is 20.5. The Hall–Kier alpha value is -3.74. The second-order valence-corrected chi connectivity index (χ2v) is 8.60. The van der Waals surface area contributed by atoms with Crippen LogP contribution in [0.5, 0.6) is 0 Å². The normalized spacial score (nSPS) is 11.2. The topological polar surface area (TPSA) is 72.9 Å². The van der Waals surface area contributed by atoms with E-state index in [0.29, 0.717) is 5.02 Å². The number of nitrogens with zero attached hydrogens (tertiary/aromatic N) is 4. The summed E-state index contributed by atoms with van der Waals surface area (Å²) in [5.41, 5.74) is 4.91. The molecule has 1 atom stereocenters. The predicted octanol–water partition coefficient (Wildman–Crippen LogP) is 6.09. The van der Waals surface area contributed by atoms with Gasteiger partial charge in [-0.1, -0.05) is 43.6 Å². The van der Waals surface area contributed by atoms with Crippen molar-refractivity contribution in [2.45, 2.75) is 26.9 Å². The van der Waals surface area contributed by atoms with Crippen molar-refractivity contribution >= 4 is 22.5 Å². The van der Waals surface area contributed by atoms with Gasteiger partial charge in [-0.05, 0) is 59.5 Å². The van der Waals surface area contributed by atoms with E-state index in [1.165, 1.54) is 0 Å². The molecule has 0 saturated heterocycles. The smallest absolute Gasteiger partial charge is 0.251 e. The van der Waals surface area contributed by atoms with Crippen LogP contribution in [-0.2, 0) is 14.1 Å². The number of aliphatic hydroxyl groups excluding tert-OH is 1. The number of pyridine rings is 2. The molecule has 0 aliphatic carbocycles. The first-order chi connectivity index (χ1) is 17.3. The van der Waals surface area contributed by atoms with E-state index in [-0.39, 0.29) is 5.56 Å². The lowest BCUT2D eigenvalue weighted by Crippen LogP contribution is -2.16. The molecule has 0 aliphatic heterocycles. The van der Waals surface area contributed by atoms with Crippen LogP contribution in [0.1, 0.15) is 36.6 Å². The highest BCUT2D eigenvalue weighted by Crippen LogP contribution is 2.31. The van der Waals surface area contributed by atoms with E-state index >= 15 is 0 Å². The fourth-order valence-electron chi connectivity index (χ4n) is 3.75. The fourth-order valence-corrected chi connectivity index (χ4v) is 3.88. The summed E-state index contributed by atoms with van der Waals surface area (Å²) in [6, 6.07) is 16.4. The van der Waals surface area contributed by atoms with Crippen LogP contribution >= 0.6 is 11.6 Å². The van der Waals surface area contributed by atoms with Gasteiger partial charge in [-0.25, -0.2) is 4.98 Å². The summed E-state index contributed by atoms with van der Waals surface area (Å²) in [5, 5.41) is 12.4. The Morgan fingerprint density at radius 3 is 2.19 bits per heavy atom. The van der Waals surface area contributed by atoms with Crippen LogP contribution in [0.3, 0.4) is 0 Å². The first-order valence-corrected chi connectivity index (χ1v) is 12.1. The molecule has 0 radical (unpaired) electrons. The van der Waals surface area contributed by atoms with Crippen LogP contribution in [0.25, 0.3) is 22.0 Å². The monoisotopic (exact) mass is 502 g/mol. The molecule has 0 spiro atoms. The SMILES string of the molecule is CC.Cc1cncc(-c2cc(=O)n(C)c3ccc(C(O)c4ccc(Cl)cc4)cc23)c1.Cn1ccnc1. The highest BCUT2D eigenvalue weighted by Gasteiger charge is 2.15. The summed E-state index contributed by atoms with van der Waals surface area (Å²) in [6.07, 6.45) is 8.13. The molecule has 0 saturated carbocycles. The Kier molecular flexibility index (Phi) is 9.17. The van der Waals surface area contributed by atoms with Crippen LogP contribution in [0.4, 0.5) is 0 Å². The zero-order valence-corrected chi connectivity index (χ0v) is 21.9. The lowest BCUT2D eigenvalue weighted by molar-refractivity contribution is 0.220. The molecule has 7 heteroatoms. The molecule has 6 nitrogen and oxygen atoms in total. The number of rotatable bonds is 3. The Labute approximate surface area is 216 Å². The lowest BCUT2D eigenvalue weighted by atomic mass is 9.96. The zero-order chi connectivity index (χ0) is 26.2. The van der Waals surface area contributed by atoms with Gasteiger partial charge in [-0.15, -0.1) is 0 Å². The molecule has 0 aliphatic rings. The molecule has 2 aromatic carbocycles. The number of benzene rings is 2. The number of aryl methyl sites for hydroxylation is 3. The quantitative estimate of drug-likeness (QED) is 0.324. The summed E-state index contributed by atoms with van der Waals surface area (Å²) in [5.74, 6) is 0. The summed E-state index contributed by atoms with van der Waals surface area (Å²) in [6.45, 7) is 5.97. The number of hydrogen-bond acceptors (Lipinski definition) is 4. The van der Waals surface area contributed by atoms with Crippen LogP contribution < -0.4 is 5.56 Å². The molecule has 5 rings (SSSR count). The number of fused-ring (bicyclic) bond motifs is 1. The van der Waals surface area contributed by atoms with Gasteiger partial charge in [-0.2, -0.15) is 0 Å². The van der Waals surface area contributed by atoms with Gasteiger partial charge in [0.2, 0.25) is 0 Å². The second-order valence-electron chi connectivity index (χ2n) is 8.17. The summed E-state index contributed by atoms with van der Waals surface area (Å²) < 4.78 is 3.50. The predicted molar refractivity (Wildman–Crippen MR) is 147 cm³/mol. The third-order valence-corrected chi connectivity index (χ3v) is 5.85. The van der Waals surface area contributed by atoms with E-state index in [0.717, 1.165) is 38.7 Å². The first kappa shape index (κ1) is 26.9. The van der Waals surface area contributed by atoms with Gasteiger partial charge in [0.05, 0.1) is 11.8 Å². The minimum Gasteiger partial charge on any atom is -0.384 e. The maximum atomic E-state index is 12.5. The van der Waals surface area contributed by atoms with Crippen molar-refractivity contribution < 1.29 is 5.11 Å². The Morgan fingerprint density at radius 2 is 1.61 bits per heavy atom. The summed E-state index contributed by atoms with van der Waals surface area (Å²) >= 11 is 5.95. The van der Waals surface area contributed by atoms with E-state index < -0.39 is 6.10 Å². The number of aromatic nitrogens is 4. The number of hydrogen-bond donors (Lipinski definition) is 1. The molecule has 0 amide bonds. The molecule has 1 N–H and O–H groups in total. The second kappa shape index (κ2) is 12.3. The average Bonchev–Trinajstić information content (AvgIpc) is 3.38. The molecule has 3 aromatic heterocycles. The van der Waals surface area contributed by atoms with Gasteiger partial charge in [-0.3, -0.25) is 9.78 Å². The molecule has 3 heterocycles. The third-order valence-electron chi connectivity index (χ3n) is 5.59. The van der Waals surface area contributed by atoms with E-state index in [2.05, 4.69) is 9.97 Å². The van der Waals surface area contributed by atoms with Crippen molar-refractivity contribution in [3.8, 4) is 11.1 Å². The van der Waals surface area contributed by atoms with Crippen LogP contribution in [0.15, 0.2) is 90.5 Å². The van der Waals surface area contributed by atoms with E-state index in [9.17, 15) is 9.90 Å². The molecule has 5 aromatic rings. The van der Waals surface area contributed by atoms with Gasteiger partial charge in [0, 0.05) is 60.9 Å². The minimum absolute atomic E-state index is 0.0880. The molecule has 0 bridgehead atoms. The molecule has 1 unspecified atom stereocenters. The van der Waals surface area contributed by atoms with Crippen molar-refractivity contribution in [1.82, 2.24) is 19.1 Å². The van der Waals surface area contributed by atoms with E-state index in [1.54, 1.807) is 54.7 Å². The van der Waals surface area contributed by atoms with Crippen molar-refractivity contribution in [1.29, 1.82) is 0 Å². The molecular weight excluding hydrogens is 472 g/mol. The summed E-state index contributed by atoms with van der Waals surface area (Å²) in [7, 11) is 3.69. The Bertz CT molecular complexity index is 1480. The Balaban J connectivity index is 0.000000390. The van der Waals surface area contributed by atoms with Gasteiger partial charge in [0.25, 0.3) is 5.56 Å². The van der Waals surface area contributed by atoms with Crippen LogP contribution in [0.2, 0.25) is 5.02 Å². The third kappa shape index (κ3) is 6.27. The van der Waals surface area contributed by atoms with Gasteiger partial charge >= 0.3 is 0 Å². The highest BCUT2D eigenvalue weighted by atomic mass is 35.5. The van der Waals surface area contributed by atoms with Crippen molar-refractivity contribution in [3.05, 3.63) is 118 Å². The molecular formula is C29H31ClN4O2. The Morgan fingerprint density at radius 1 is 0.917 bits per heavy atom. The molecule has 36 heavy (non-hydrogen) atoms. The number of aliphatic hydroxyl groups is 1. The average molecular weight is 503 g/mol. The zero-order valence-electron chi connectivity index (χ0n) is 21.2. The maximum Gasteiger partial charge on any atom is 0.251 e. The van der Waals surface area contributed by atoms with E-state index in [4.69, 9.17) is 11.6 Å². The highest BCUT2D eigenvalue weighted by molar-refractivity contribution is 6.30. The van der Waals surface area contributed by atoms with Gasteiger partial charge in [0.15, 0.2) is 0 Å². The first-order valence-electron chi connectivity index (χ1n) is 11.7. The van der Waals surface area contributed by atoms with Crippen molar-refractivity contribution in [2.24, 2.45) is 14.1 Å². The largest absolute Gasteiger partial charge is 0.384 e. The maximum absolute atomic E-state index is 12.5. The minimum atomic E-state index is -0.789. The molecule has 186 valence electrons. The number of halogens is 1. The van der Waals surface area contributed by atoms with Gasteiger partial charge in [0.1, 0.15) is 6.10 Å². The lowest BCUT2D eigenvalue weighted by Gasteiger charge is -2.16. The van der Waals surface area contributed by atoms with Crippen molar-refractivity contribution in [2.75, 3.05) is 0 Å². The van der Waals surface area contributed by atoms with Crippen LogP contribution in [0, 0.1) is 6.92 Å². The van der Waals surface area contributed by atoms with Crippen LogP contribution in [-0.4, -0.2) is 24.2 Å². The standard InChI is InChI=1S/C23H19ClN2O2.C4H6N2.C2H6/c1-14-9-17(13-25-12-14)19-11-22(27)26(2)21-8-5-16(10-20(19)21)23(28)15-3-6-18(24)7-4-15;1-6-3-2-5-4-6;1-2/h3-13,23,28H,1-2H3;2-4H,1H3;1-2H3. The van der Waals surface area contributed by atoms with Gasteiger partial charge < -0.3 is 14.2 Å².